The minimum absolute atomic E-state index is 0.648. The van der Waals surface area contributed by atoms with E-state index >= 15 is 0 Å². The van der Waals surface area contributed by atoms with Gasteiger partial charge in [0.1, 0.15) is 0 Å². The lowest BCUT2D eigenvalue weighted by atomic mass is 9.80. The van der Waals surface area contributed by atoms with Crippen molar-refractivity contribution in [2.24, 2.45) is 5.92 Å². The molecule has 0 unspecified atom stereocenters. The highest BCUT2D eigenvalue weighted by Crippen LogP contribution is 2.38. The summed E-state index contributed by atoms with van der Waals surface area (Å²) in [6.45, 7) is 4.70. The van der Waals surface area contributed by atoms with Crippen LogP contribution in [0.2, 0.25) is 0 Å². The smallest absolute Gasteiger partial charge is 0.0377 e. The van der Waals surface area contributed by atoms with Gasteiger partial charge in [-0.3, -0.25) is 4.90 Å². The molecule has 1 aromatic rings. The molecule has 1 atom stereocenters. The molecule has 1 aromatic carbocycles. The molecule has 1 saturated heterocycles. The molecule has 3 rings (SSSR count). The Morgan fingerprint density at radius 1 is 1.00 bits per heavy atom. The summed E-state index contributed by atoms with van der Waals surface area (Å²) < 4.78 is 1.34. The van der Waals surface area contributed by atoms with Crippen LogP contribution in [0.15, 0.2) is 24.3 Å². The summed E-state index contributed by atoms with van der Waals surface area (Å²) in [7, 11) is 0. The van der Waals surface area contributed by atoms with E-state index in [2.05, 4.69) is 57.1 Å². The van der Waals surface area contributed by atoms with Crippen LogP contribution in [0.4, 0.5) is 0 Å². The lowest BCUT2D eigenvalue weighted by Gasteiger charge is -2.41. The van der Waals surface area contributed by atoms with E-state index in [0.717, 1.165) is 19.0 Å². The quantitative estimate of drug-likeness (QED) is 0.798. The number of nitrogens with zero attached hydrogens (tertiary/aromatic N) is 1. The van der Waals surface area contributed by atoms with E-state index in [-0.39, 0.29) is 0 Å². The third-order valence-electron chi connectivity index (χ3n) is 4.85. The van der Waals surface area contributed by atoms with Gasteiger partial charge in [0.2, 0.25) is 0 Å². The summed E-state index contributed by atoms with van der Waals surface area (Å²) >= 11 is 2.41. The SMILES string of the molecule is Ic1ccc([C@@H](C2CCCCC2)N2CCNCC2)cc1. The van der Waals surface area contributed by atoms with Gasteiger partial charge in [0.15, 0.2) is 0 Å². The molecule has 2 fully saturated rings. The van der Waals surface area contributed by atoms with Crippen LogP contribution in [0.5, 0.6) is 0 Å². The second-order valence-electron chi connectivity index (χ2n) is 6.18. The topological polar surface area (TPSA) is 15.3 Å². The summed E-state index contributed by atoms with van der Waals surface area (Å²) in [6, 6.07) is 9.92. The molecule has 20 heavy (non-hydrogen) atoms. The van der Waals surface area contributed by atoms with Gasteiger partial charge in [-0.05, 0) is 59.0 Å². The molecule has 0 bridgehead atoms. The van der Waals surface area contributed by atoms with Crippen LogP contribution in [0.1, 0.15) is 43.7 Å². The van der Waals surface area contributed by atoms with Crippen LogP contribution >= 0.6 is 22.6 Å². The van der Waals surface area contributed by atoms with E-state index in [1.165, 1.54) is 48.8 Å². The first kappa shape index (κ1) is 14.8. The van der Waals surface area contributed by atoms with E-state index in [1.54, 1.807) is 5.56 Å². The summed E-state index contributed by atoms with van der Waals surface area (Å²) in [5, 5.41) is 3.49. The van der Waals surface area contributed by atoms with Gasteiger partial charge >= 0.3 is 0 Å². The number of benzene rings is 1. The van der Waals surface area contributed by atoms with Crippen molar-refractivity contribution in [3.8, 4) is 0 Å². The summed E-state index contributed by atoms with van der Waals surface area (Å²) in [5.74, 6) is 0.863. The van der Waals surface area contributed by atoms with Gasteiger partial charge in [-0.1, -0.05) is 31.4 Å². The van der Waals surface area contributed by atoms with Crippen LogP contribution in [0.3, 0.4) is 0 Å². The first-order valence-corrected chi connectivity index (χ1v) is 9.13. The average Bonchev–Trinajstić information content (AvgIpc) is 2.52. The fourth-order valence-electron chi connectivity index (χ4n) is 3.85. The molecule has 0 amide bonds. The number of hydrogen-bond acceptors (Lipinski definition) is 2. The predicted octanol–water partition coefficient (Wildman–Crippen LogP) is 3.82. The normalized spacial score (nSPS) is 23.6. The summed E-state index contributed by atoms with van der Waals surface area (Å²) in [6.07, 6.45) is 7.13. The van der Waals surface area contributed by atoms with Crippen molar-refractivity contribution >= 4 is 22.6 Å². The van der Waals surface area contributed by atoms with Crippen LogP contribution in [0.25, 0.3) is 0 Å². The zero-order valence-electron chi connectivity index (χ0n) is 12.2. The van der Waals surface area contributed by atoms with Crippen molar-refractivity contribution < 1.29 is 0 Å². The van der Waals surface area contributed by atoms with Gasteiger partial charge in [-0.25, -0.2) is 0 Å². The first-order chi connectivity index (χ1) is 9.84. The Kier molecular flexibility index (Phi) is 5.35. The molecule has 1 aliphatic heterocycles. The molecular formula is C17H25IN2. The molecular weight excluding hydrogens is 359 g/mol. The van der Waals surface area contributed by atoms with Crippen LogP contribution in [0, 0.1) is 9.49 Å². The second-order valence-corrected chi connectivity index (χ2v) is 7.43. The Morgan fingerprint density at radius 2 is 1.65 bits per heavy atom. The van der Waals surface area contributed by atoms with E-state index < -0.39 is 0 Å². The molecule has 0 spiro atoms. The fourth-order valence-corrected chi connectivity index (χ4v) is 4.21. The minimum atomic E-state index is 0.648. The lowest BCUT2D eigenvalue weighted by molar-refractivity contribution is 0.103. The summed E-state index contributed by atoms with van der Waals surface area (Å²) in [5.41, 5.74) is 1.54. The van der Waals surface area contributed by atoms with E-state index in [9.17, 15) is 0 Å². The zero-order chi connectivity index (χ0) is 13.8. The highest BCUT2D eigenvalue weighted by atomic mass is 127. The Bertz CT molecular complexity index is 388. The molecule has 110 valence electrons. The van der Waals surface area contributed by atoms with Gasteiger partial charge in [0.05, 0.1) is 0 Å². The molecule has 2 aliphatic rings. The van der Waals surface area contributed by atoms with Crippen LogP contribution in [-0.4, -0.2) is 31.1 Å². The third-order valence-corrected chi connectivity index (χ3v) is 5.57. The third kappa shape index (κ3) is 3.55. The van der Waals surface area contributed by atoms with E-state index in [0.29, 0.717) is 6.04 Å². The van der Waals surface area contributed by atoms with E-state index in [4.69, 9.17) is 0 Å². The van der Waals surface area contributed by atoms with Gasteiger partial charge < -0.3 is 5.32 Å². The van der Waals surface area contributed by atoms with Crippen molar-refractivity contribution in [2.45, 2.75) is 38.1 Å². The Morgan fingerprint density at radius 3 is 2.30 bits per heavy atom. The molecule has 0 radical (unpaired) electrons. The average molecular weight is 384 g/mol. The lowest BCUT2D eigenvalue weighted by Crippen LogP contribution is -2.47. The van der Waals surface area contributed by atoms with Crippen molar-refractivity contribution in [1.82, 2.24) is 10.2 Å². The second kappa shape index (κ2) is 7.23. The van der Waals surface area contributed by atoms with E-state index in [1.807, 2.05) is 0 Å². The fraction of sp³-hybridized carbons (Fsp3) is 0.647. The Hall–Kier alpha value is -0.130. The minimum Gasteiger partial charge on any atom is -0.314 e. The highest BCUT2D eigenvalue weighted by molar-refractivity contribution is 14.1. The molecule has 2 nitrogen and oxygen atoms in total. The van der Waals surface area contributed by atoms with Gasteiger partial charge in [-0.15, -0.1) is 0 Å². The largest absolute Gasteiger partial charge is 0.314 e. The van der Waals surface area contributed by atoms with Crippen LogP contribution in [-0.2, 0) is 0 Å². The van der Waals surface area contributed by atoms with Gasteiger partial charge in [-0.2, -0.15) is 0 Å². The van der Waals surface area contributed by atoms with Crippen LogP contribution < -0.4 is 5.32 Å². The van der Waals surface area contributed by atoms with Gasteiger partial charge in [0.25, 0.3) is 0 Å². The van der Waals surface area contributed by atoms with Crippen molar-refractivity contribution in [1.29, 1.82) is 0 Å². The highest BCUT2D eigenvalue weighted by Gasteiger charge is 2.30. The standard InChI is InChI=1S/C17H25IN2/c18-16-8-6-15(7-9-16)17(14-4-2-1-3-5-14)20-12-10-19-11-13-20/h6-9,14,17,19H,1-5,10-13H2/t17-/m1/s1. The number of halogens is 1. The zero-order valence-corrected chi connectivity index (χ0v) is 14.3. The molecule has 1 N–H and O–H groups in total. The van der Waals surface area contributed by atoms with Crippen molar-refractivity contribution in [3.05, 3.63) is 33.4 Å². The van der Waals surface area contributed by atoms with Gasteiger partial charge in [0, 0.05) is 35.8 Å². The first-order valence-electron chi connectivity index (χ1n) is 8.05. The Balaban J connectivity index is 1.83. The maximum atomic E-state index is 3.49. The summed E-state index contributed by atoms with van der Waals surface area (Å²) in [4.78, 5) is 2.73. The number of hydrogen-bond donors (Lipinski definition) is 1. The monoisotopic (exact) mass is 384 g/mol. The Labute approximate surface area is 136 Å². The number of piperazine rings is 1. The maximum absolute atomic E-state index is 3.49. The molecule has 1 aliphatic carbocycles. The molecule has 3 heteroatoms. The number of rotatable bonds is 3. The van der Waals surface area contributed by atoms with Crippen molar-refractivity contribution in [2.75, 3.05) is 26.2 Å². The maximum Gasteiger partial charge on any atom is 0.0377 e. The number of nitrogens with one attached hydrogen (secondary N) is 1. The molecule has 1 saturated carbocycles. The molecule has 0 aromatic heterocycles. The predicted molar refractivity (Wildman–Crippen MR) is 92.9 cm³/mol. The molecule has 1 heterocycles. The van der Waals surface area contributed by atoms with Crippen molar-refractivity contribution in [3.63, 3.8) is 0 Å².